The minimum Gasteiger partial charge on any atom is -0.462 e. The normalized spacial score (nSPS) is 18.1. The summed E-state index contributed by atoms with van der Waals surface area (Å²) in [5, 5.41) is 17.0. The van der Waals surface area contributed by atoms with Crippen LogP contribution < -0.4 is 0 Å². The number of ether oxygens (including phenoxy) is 2. The van der Waals surface area contributed by atoms with Crippen LogP contribution in [0.5, 0.6) is 0 Å². The number of hydrogen-bond donors (Lipinski definition) is 2. The van der Waals surface area contributed by atoms with Crippen LogP contribution in [0.4, 0.5) is 13.2 Å². The molecule has 9 heteroatoms. The summed E-state index contributed by atoms with van der Waals surface area (Å²) < 4.78 is 47.3. The van der Waals surface area contributed by atoms with Gasteiger partial charge in [0.15, 0.2) is 0 Å². The fourth-order valence-electron chi connectivity index (χ4n) is 4.41. The van der Waals surface area contributed by atoms with Crippen LogP contribution in [0.1, 0.15) is 74.3 Å². The number of halogens is 3. The SMILES string of the molecule is C=C(C=O)CO.C=C(CO)C(=O)OCC(COC)c1ccc(C2CCC(CCCCC(F)(F)F)CC2)cc1. The molecule has 0 heterocycles. The molecule has 1 aliphatic rings. The summed E-state index contributed by atoms with van der Waals surface area (Å²) in [6.45, 7) is 6.52. The number of esters is 1. The minimum absolute atomic E-state index is 0.0208. The molecule has 0 bridgehead atoms. The molecule has 2 N–H and O–H groups in total. The lowest BCUT2D eigenvalue weighted by Crippen LogP contribution is -2.19. The first kappa shape index (κ1) is 33.5. The van der Waals surface area contributed by atoms with Gasteiger partial charge in [-0.2, -0.15) is 13.2 Å². The van der Waals surface area contributed by atoms with E-state index in [1.807, 2.05) is 12.1 Å². The predicted molar refractivity (Wildman–Crippen MR) is 140 cm³/mol. The molecule has 1 saturated carbocycles. The summed E-state index contributed by atoms with van der Waals surface area (Å²) in [7, 11) is 1.59. The van der Waals surface area contributed by atoms with Crippen LogP contribution in [-0.4, -0.2) is 62.2 Å². The van der Waals surface area contributed by atoms with E-state index in [2.05, 4.69) is 25.3 Å². The van der Waals surface area contributed by atoms with Crippen LogP contribution in [0.25, 0.3) is 0 Å². The Morgan fingerprint density at radius 1 is 1.05 bits per heavy atom. The number of aliphatic hydroxyl groups is 2. The maximum atomic E-state index is 12.3. The van der Waals surface area contributed by atoms with Crippen LogP contribution in [0.3, 0.4) is 0 Å². The molecule has 0 aliphatic heterocycles. The highest BCUT2D eigenvalue weighted by molar-refractivity contribution is 5.87. The lowest BCUT2D eigenvalue weighted by molar-refractivity contribution is -0.140. The van der Waals surface area contributed by atoms with Crippen molar-refractivity contribution in [3.63, 3.8) is 0 Å². The Balaban J connectivity index is 0.00000107. The van der Waals surface area contributed by atoms with E-state index in [0.717, 1.165) is 37.7 Å². The topological polar surface area (TPSA) is 93.1 Å². The first-order valence-electron chi connectivity index (χ1n) is 12.9. The Morgan fingerprint density at radius 3 is 2.16 bits per heavy atom. The van der Waals surface area contributed by atoms with Gasteiger partial charge in [0.05, 0.1) is 25.4 Å². The molecule has 6 nitrogen and oxygen atoms in total. The highest BCUT2D eigenvalue weighted by Crippen LogP contribution is 2.38. The highest BCUT2D eigenvalue weighted by atomic mass is 19.4. The Kier molecular flexibility index (Phi) is 15.8. The van der Waals surface area contributed by atoms with E-state index in [1.54, 1.807) is 7.11 Å². The highest BCUT2D eigenvalue weighted by Gasteiger charge is 2.27. The number of unbranched alkanes of at least 4 members (excludes halogenated alkanes) is 1. The minimum atomic E-state index is -4.04. The van der Waals surface area contributed by atoms with Gasteiger partial charge in [0.1, 0.15) is 12.9 Å². The van der Waals surface area contributed by atoms with Gasteiger partial charge in [0.25, 0.3) is 0 Å². The fourth-order valence-corrected chi connectivity index (χ4v) is 4.41. The lowest BCUT2D eigenvalue weighted by Gasteiger charge is -2.29. The van der Waals surface area contributed by atoms with Crippen LogP contribution in [-0.2, 0) is 19.1 Å². The number of benzene rings is 1. The average Bonchev–Trinajstić information content (AvgIpc) is 2.92. The number of rotatable bonds is 14. The second-order valence-corrected chi connectivity index (χ2v) is 9.69. The molecular formula is C29H41F3O6. The van der Waals surface area contributed by atoms with E-state index in [0.29, 0.717) is 31.1 Å². The molecule has 0 saturated heterocycles. The predicted octanol–water partition coefficient (Wildman–Crippen LogP) is 5.64. The Labute approximate surface area is 223 Å². The lowest BCUT2D eigenvalue weighted by atomic mass is 9.77. The summed E-state index contributed by atoms with van der Waals surface area (Å²) in [5.41, 5.74) is 2.52. The summed E-state index contributed by atoms with van der Waals surface area (Å²) in [6.07, 6.45) is 1.84. The van der Waals surface area contributed by atoms with E-state index in [9.17, 15) is 22.8 Å². The largest absolute Gasteiger partial charge is 0.462 e. The van der Waals surface area contributed by atoms with Gasteiger partial charge >= 0.3 is 12.1 Å². The number of carbonyl (C=O) groups is 2. The molecular weight excluding hydrogens is 501 g/mol. The fraction of sp³-hybridized carbons (Fsp3) is 0.586. The smallest absolute Gasteiger partial charge is 0.389 e. The molecule has 0 amide bonds. The van der Waals surface area contributed by atoms with Gasteiger partial charge in [-0.15, -0.1) is 0 Å². The van der Waals surface area contributed by atoms with Crippen molar-refractivity contribution in [1.82, 2.24) is 0 Å². The van der Waals surface area contributed by atoms with Crippen LogP contribution >= 0.6 is 0 Å². The second-order valence-electron chi connectivity index (χ2n) is 9.69. The third kappa shape index (κ3) is 13.3. The Bertz CT molecular complexity index is 858. The molecule has 214 valence electrons. The number of alkyl halides is 3. The van der Waals surface area contributed by atoms with Gasteiger partial charge in [0, 0.05) is 25.0 Å². The molecule has 1 aromatic rings. The first-order chi connectivity index (χ1) is 18.0. The quantitative estimate of drug-likeness (QED) is 0.137. The Hall–Kier alpha value is -2.49. The van der Waals surface area contributed by atoms with Crippen molar-refractivity contribution in [3.05, 3.63) is 59.7 Å². The van der Waals surface area contributed by atoms with Crippen LogP contribution in [0.15, 0.2) is 48.6 Å². The number of aldehydes is 1. The molecule has 0 aromatic heterocycles. The Morgan fingerprint density at radius 2 is 1.68 bits per heavy atom. The first-order valence-corrected chi connectivity index (χ1v) is 12.9. The van der Waals surface area contributed by atoms with Crippen molar-refractivity contribution in [2.45, 2.75) is 69.4 Å². The van der Waals surface area contributed by atoms with Crippen LogP contribution in [0.2, 0.25) is 0 Å². The maximum Gasteiger partial charge on any atom is 0.389 e. The van der Waals surface area contributed by atoms with Gasteiger partial charge in [0.2, 0.25) is 0 Å². The van der Waals surface area contributed by atoms with Crippen molar-refractivity contribution < 1.29 is 42.4 Å². The number of carbonyl (C=O) groups excluding carboxylic acids is 2. The molecule has 2 rings (SSSR count). The van der Waals surface area contributed by atoms with Crippen molar-refractivity contribution in [2.24, 2.45) is 5.92 Å². The zero-order valence-corrected chi connectivity index (χ0v) is 22.2. The van der Waals surface area contributed by atoms with Crippen molar-refractivity contribution in [2.75, 3.05) is 33.5 Å². The van der Waals surface area contributed by atoms with Gasteiger partial charge < -0.3 is 19.7 Å². The molecule has 1 fully saturated rings. The zero-order valence-electron chi connectivity index (χ0n) is 22.2. The standard InChI is InChI=1S/C25H35F3O4.C4H6O2/c1-18(15-29)24(30)32-17-23(16-31-2)22-12-10-21(11-13-22)20-8-6-19(7-9-20)5-3-4-14-25(26,27)28;1-4(2-5)3-6/h10-13,19-20,23,29H,1,3-9,14-17H2,2H3;2,6H,1,3H2. The number of aliphatic hydroxyl groups excluding tert-OH is 2. The van der Waals surface area contributed by atoms with E-state index >= 15 is 0 Å². The molecule has 0 spiro atoms. The zero-order chi connectivity index (χ0) is 28.6. The van der Waals surface area contributed by atoms with Crippen LogP contribution in [0, 0.1) is 5.92 Å². The van der Waals surface area contributed by atoms with Crippen molar-refractivity contribution >= 4 is 12.3 Å². The van der Waals surface area contributed by atoms with Gasteiger partial charge in [-0.1, -0.05) is 50.3 Å². The summed E-state index contributed by atoms with van der Waals surface area (Å²) in [4.78, 5) is 21.2. The average molecular weight is 543 g/mol. The second kappa shape index (κ2) is 17.9. The summed E-state index contributed by atoms with van der Waals surface area (Å²) in [6, 6.07) is 8.30. The summed E-state index contributed by atoms with van der Waals surface area (Å²) >= 11 is 0. The van der Waals surface area contributed by atoms with E-state index in [-0.39, 0.29) is 36.7 Å². The van der Waals surface area contributed by atoms with E-state index in [4.69, 9.17) is 19.7 Å². The molecule has 0 radical (unpaired) electrons. The monoisotopic (exact) mass is 542 g/mol. The summed E-state index contributed by atoms with van der Waals surface area (Å²) in [5.74, 6) is 0.285. The van der Waals surface area contributed by atoms with Gasteiger partial charge in [-0.3, -0.25) is 4.79 Å². The number of hydrogen-bond acceptors (Lipinski definition) is 6. The number of methoxy groups -OCH3 is 1. The van der Waals surface area contributed by atoms with E-state index < -0.39 is 25.2 Å². The molecule has 1 aliphatic carbocycles. The molecule has 38 heavy (non-hydrogen) atoms. The molecule has 1 aromatic carbocycles. The van der Waals surface area contributed by atoms with Gasteiger partial charge in [-0.25, -0.2) is 4.79 Å². The third-order valence-electron chi connectivity index (χ3n) is 6.68. The van der Waals surface area contributed by atoms with Crippen molar-refractivity contribution in [1.29, 1.82) is 0 Å². The maximum absolute atomic E-state index is 12.3. The molecule has 1 atom stereocenters. The third-order valence-corrected chi connectivity index (χ3v) is 6.68. The van der Waals surface area contributed by atoms with Gasteiger partial charge in [-0.05, 0) is 55.1 Å². The molecule has 1 unspecified atom stereocenters. The van der Waals surface area contributed by atoms with Crippen molar-refractivity contribution in [3.8, 4) is 0 Å². The van der Waals surface area contributed by atoms with E-state index in [1.165, 1.54) is 5.56 Å².